The van der Waals surface area contributed by atoms with E-state index in [1.54, 1.807) is 21.2 Å². The fourth-order valence-electron chi connectivity index (χ4n) is 4.47. The van der Waals surface area contributed by atoms with Crippen molar-refractivity contribution in [2.45, 2.75) is 0 Å². The summed E-state index contributed by atoms with van der Waals surface area (Å²) in [7, 11) is 0. The van der Waals surface area contributed by atoms with Gasteiger partial charge >= 0.3 is 181 Å². The molecule has 0 radical (unpaired) electrons. The Morgan fingerprint density at radius 3 is 0.862 bits per heavy atom. The van der Waals surface area contributed by atoms with E-state index in [1.165, 1.54) is 12.3 Å². The fourth-order valence-corrected chi connectivity index (χ4v) is 47.2. The minimum absolute atomic E-state index is 0.241. The molecule has 0 nitrogen and oxygen atoms in total. The van der Waals surface area contributed by atoms with Crippen molar-refractivity contribution in [3.05, 3.63) is 121 Å². The number of hydrogen-bond acceptors (Lipinski definition) is 0. The molecule has 0 spiro atoms. The third-order valence-electron chi connectivity index (χ3n) is 5.90. The van der Waals surface area contributed by atoms with Crippen molar-refractivity contribution in [2.75, 3.05) is 12.3 Å². The summed E-state index contributed by atoms with van der Waals surface area (Å²) in [6.45, 7) is 0. The molecule has 1 fully saturated rings. The van der Waals surface area contributed by atoms with Crippen LogP contribution < -0.4 is 21.2 Å². The van der Waals surface area contributed by atoms with Gasteiger partial charge in [0.25, 0.3) is 0 Å². The van der Waals surface area contributed by atoms with Crippen LogP contribution in [-0.4, -0.2) is 27.2 Å². The standard InChI is InChI=1S/C26H25AsP2/c1-5-13-23(14-6-1)28(24-15-7-2-8-16-24)21-22-29(27-28,25-17-9-3-10-18-25)26-19-11-4-12-20-26/h1-20,27H,21-22H2/q+2. The van der Waals surface area contributed by atoms with Gasteiger partial charge < -0.3 is 0 Å². The molecule has 0 amide bonds. The number of rotatable bonds is 4. The summed E-state index contributed by atoms with van der Waals surface area (Å²) in [6, 6.07) is 46.0. The summed E-state index contributed by atoms with van der Waals surface area (Å²) in [5, 5.41) is 6.50. The van der Waals surface area contributed by atoms with Crippen LogP contribution in [0.1, 0.15) is 0 Å². The average Bonchev–Trinajstić information content (AvgIpc) is 3.25. The van der Waals surface area contributed by atoms with Gasteiger partial charge in [-0.25, -0.2) is 0 Å². The first-order valence-electron chi connectivity index (χ1n) is 10.1. The maximum absolute atomic E-state index is 2.42. The monoisotopic (exact) mass is 474 g/mol. The Kier molecular flexibility index (Phi) is 5.45. The molecule has 5 rings (SSSR count). The number of hydrogen-bond donors (Lipinski definition) is 0. The van der Waals surface area contributed by atoms with Gasteiger partial charge in [0, 0.05) is 0 Å². The van der Waals surface area contributed by atoms with Crippen LogP contribution in [0.4, 0.5) is 0 Å². The zero-order valence-electron chi connectivity index (χ0n) is 16.4. The molecule has 0 saturated carbocycles. The first-order chi connectivity index (χ1) is 14.3. The van der Waals surface area contributed by atoms with Gasteiger partial charge in [-0.2, -0.15) is 0 Å². The molecule has 4 aromatic carbocycles. The zero-order valence-corrected chi connectivity index (χ0v) is 20.2. The Morgan fingerprint density at radius 2 is 0.621 bits per heavy atom. The number of benzene rings is 4. The summed E-state index contributed by atoms with van der Waals surface area (Å²) in [4.78, 5) is 0. The van der Waals surface area contributed by atoms with Gasteiger partial charge in [-0.1, -0.05) is 0 Å². The van der Waals surface area contributed by atoms with E-state index in [2.05, 4.69) is 121 Å². The normalized spacial score (nSPS) is 17.1. The van der Waals surface area contributed by atoms with Gasteiger partial charge in [-0.05, 0) is 0 Å². The minimum atomic E-state index is -1.33. The third-order valence-corrected chi connectivity index (χ3v) is 37.7. The summed E-state index contributed by atoms with van der Waals surface area (Å²) < 4.78 is 0. The van der Waals surface area contributed by atoms with Crippen LogP contribution in [0, 0.1) is 0 Å². The molecule has 0 aliphatic carbocycles. The first-order valence-corrected chi connectivity index (χ1v) is 19.7. The fraction of sp³-hybridized carbons (Fsp3) is 0.0769. The molecule has 1 heterocycles. The van der Waals surface area contributed by atoms with Crippen molar-refractivity contribution < 1.29 is 0 Å². The van der Waals surface area contributed by atoms with Crippen molar-refractivity contribution >= 4 is 47.7 Å². The van der Waals surface area contributed by atoms with E-state index in [-0.39, 0.29) is 14.8 Å². The van der Waals surface area contributed by atoms with Gasteiger partial charge in [-0.3, -0.25) is 0 Å². The Balaban J connectivity index is 1.72. The van der Waals surface area contributed by atoms with E-state index < -0.39 is 11.6 Å². The molecule has 0 aromatic heterocycles. The quantitative estimate of drug-likeness (QED) is 0.300. The topological polar surface area (TPSA) is 0 Å². The summed E-state index contributed by atoms with van der Waals surface area (Å²) in [6.07, 6.45) is 2.72. The van der Waals surface area contributed by atoms with Crippen LogP contribution in [-0.2, 0) is 0 Å². The van der Waals surface area contributed by atoms with Gasteiger partial charge in [0.15, 0.2) is 0 Å². The van der Waals surface area contributed by atoms with Crippen LogP contribution in [0.3, 0.4) is 0 Å². The third kappa shape index (κ3) is 3.43. The average molecular weight is 474 g/mol. The van der Waals surface area contributed by atoms with Gasteiger partial charge in [0.2, 0.25) is 0 Å². The molecule has 142 valence electrons. The molecule has 0 atom stereocenters. The molecule has 0 bridgehead atoms. The first kappa shape index (κ1) is 19.3. The van der Waals surface area contributed by atoms with Crippen LogP contribution in [0.5, 0.6) is 0 Å². The van der Waals surface area contributed by atoms with Crippen LogP contribution in [0.15, 0.2) is 121 Å². The molecular formula is C26H25AsP2+2. The van der Waals surface area contributed by atoms with Gasteiger partial charge in [-0.15, -0.1) is 0 Å². The van der Waals surface area contributed by atoms with E-state index in [0.29, 0.717) is 0 Å². The van der Waals surface area contributed by atoms with E-state index in [1.807, 2.05) is 0 Å². The second-order valence-electron chi connectivity index (χ2n) is 7.51. The zero-order chi connectivity index (χ0) is 19.6. The molecule has 0 N–H and O–H groups in total. The molecule has 1 saturated heterocycles. The molecule has 0 unspecified atom stereocenters. The van der Waals surface area contributed by atoms with Crippen LogP contribution in [0.2, 0.25) is 0 Å². The van der Waals surface area contributed by atoms with Crippen molar-refractivity contribution in [2.24, 2.45) is 0 Å². The molecule has 3 heteroatoms. The summed E-state index contributed by atoms with van der Waals surface area (Å²) in [5.41, 5.74) is 0. The molecule has 1 aliphatic rings. The van der Waals surface area contributed by atoms with Gasteiger partial charge in [0.1, 0.15) is 0 Å². The van der Waals surface area contributed by atoms with Crippen molar-refractivity contribution in [3.63, 3.8) is 0 Å². The predicted molar refractivity (Wildman–Crippen MR) is 135 cm³/mol. The Morgan fingerprint density at radius 1 is 0.379 bits per heavy atom. The van der Waals surface area contributed by atoms with Gasteiger partial charge in [0.05, 0.1) is 0 Å². The van der Waals surface area contributed by atoms with Crippen LogP contribution in [0.25, 0.3) is 0 Å². The second-order valence-corrected chi connectivity index (χ2v) is 27.9. The second kappa shape index (κ2) is 8.20. The van der Waals surface area contributed by atoms with E-state index >= 15 is 0 Å². The molecule has 1 aliphatic heterocycles. The van der Waals surface area contributed by atoms with Crippen LogP contribution >= 0.6 is 11.6 Å². The predicted octanol–water partition coefficient (Wildman–Crippen LogP) is 4.60. The Bertz CT molecular complexity index is 899. The summed E-state index contributed by atoms with van der Waals surface area (Å²) in [5.74, 6) is -2.66. The van der Waals surface area contributed by atoms with E-state index in [9.17, 15) is 0 Å². The molecular weight excluding hydrogens is 449 g/mol. The van der Waals surface area contributed by atoms with Crippen molar-refractivity contribution in [1.82, 2.24) is 0 Å². The Labute approximate surface area is 180 Å². The summed E-state index contributed by atoms with van der Waals surface area (Å²) >= 11 is -0.241. The van der Waals surface area contributed by atoms with Crippen molar-refractivity contribution in [3.8, 4) is 0 Å². The Hall–Kier alpha value is -1.70. The van der Waals surface area contributed by atoms with E-state index in [0.717, 1.165) is 0 Å². The SMILES string of the molecule is c1ccc([P+]2(c3ccccc3)CC[P+](c3ccccc3)(c3ccccc3)[AsH]2)cc1. The molecule has 29 heavy (non-hydrogen) atoms. The maximum atomic E-state index is 2.42. The van der Waals surface area contributed by atoms with Crippen molar-refractivity contribution in [1.29, 1.82) is 0 Å². The van der Waals surface area contributed by atoms with E-state index in [4.69, 9.17) is 0 Å². The molecule has 4 aromatic rings.